The molecule has 1 aliphatic rings. The first-order valence-electron chi connectivity index (χ1n) is 9.22. The summed E-state index contributed by atoms with van der Waals surface area (Å²) in [6.45, 7) is 1.79. The highest BCUT2D eigenvalue weighted by Crippen LogP contribution is 2.32. The molecule has 148 valence electrons. The highest BCUT2D eigenvalue weighted by Gasteiger charge is 2.48. The number of piperazine rings is 1. The molecule has 1 unspecified atom stereocenters. The molecule has 3 rings (SSSR count). The van der Waals surface area contributed by atoms with Crippen LogP contribution in [0, 0.1) is 11.3 Å². The van der Waals surface area contributed by atoms with Gasteiger partial charge < -0.3 is 9.80 Å². The Morgan fingerprint density at radius 2 is 1.83 bits per heavy atom. The minimum absolute atomic E-state index is 0.158. The molecular weight excluding hydrogens is 382 g/mol. The van der Waals surface area contributed by atoms with Gasteiger partial charge in [0.1, 0.15) is 11.2 Å². The van der Waals surface area contributed by atoms with Crippen molar-refractivity contribution in [3.8, 4) is 6.07 Å². The second-order valence-corrected chi connectivity index (χ2v) is 8.14. The van der Waals surface area contributed by atoms with Gasteiger partial charge in [0.05, 0.1) is 11.6 Å². The van der Waals surface area contributed by atoms with Crippen LogP contribution in [0.5, 0.6) is 0 Å². The normalized spacial score (nSPS) is 20.9. The number of thioether (sulfide) groups is 1. The second kappa shape index (κ2) is 8.14. The molecule has 0 aliphatic carbocycles. The lowest BCUT2D eigenvalue weighted by atomic mass is 9.87. The van der Waals surface area contributed by atoms with Crippen LogP contribution >= 0.6 is 11.8 Å². The maximum atomic E-state index is 13.3. The first kappa shape index (κ1) is 20.7. The number of nitrogens with zero attached hydrogens (tertiary/aromatic N) is 3. The number of hydrogen-bond acceptors (Lipinski definition) is 4. The van der Waals surface area contributed by atoms with E-state index in [0.717, 1.165) is 10.5 Å². The number of nitriles is 1. The van der Waals surface area contributed by atoms with Crippen molar-refractivity contribution in [3.05, 3.63) is 70.9 Å². The van der Waals surface area contributed by atoms with Crippen LogP contribution in [-0.4, -0.2) is 47.5 Å². The fraction of sp³-hybridized carbons (Fsp3) is 0.261. The summed E-state index contributed by atoms with van der Waals surface area (Å²) in [7, 11) is 3.28. The summed E-state index contributed by atoms with van der Waals surface area (Å²) < 4.78 is 0. The van der Waals surface area contributed by atoms with E-state index in [0.29, 0.717) is 17.5 Å². The lowest BCUT2D eigenvalue weighted by Gasteiger charge is -2.45. The van der Waals surface area contributed by atoms with Gasteiger partial charge in [-0.1, -0.05) is 30.3 Å². The van der Waals surface area contributed by atoms with Gasteiger partial charge in [0.15, 0.2) is 0 Å². The molecule has 29 heavy (non-hydrogen) atoms. The number of carbonyl (C=O) groups is 2. The lowest BCUT2D eigenvalue weighted by molar-refractivity contribution is -0.155. The Hall–Kier alpha value is -3.04. The van der Waals surface area contributed by atoms with E-state index in [1.165, 1.54) is 9.80 Å². The van der Waals surface area contributed by atoms with E-state index < -0.39 is 5.54 Å². The summed E-state index contributed by atoms with van der Waals surface area (Å²) in [4.78, 5) is 30.4. The Morgan fingerprint density at radius 1 is 1.14 bits per heavy atom. The molecule has 1 atom stereocenters. The highest BCUT2D eigenvalue weighted by molar-refractivity contribution is 7.98. The molecule has 0 N–H and O–H groups in total. The van der Waals surface area contributed by atoms with Crippen molar-refractivity contribution in [2.45, 2.75) is 23.8 Å². The molecule has 5 nitrogen and oxygen atoms in total. The molecule has 1 aliphatic heterocycles. The third kappa shape index (κ3) is 3.79. The molecule has 6 heteroatoms. The average molecular weight is 406 g/mol. The number of rotatable bonds is 4. The number of amides is 2. The summed E-state index contributed by atoms with van der Waals surface area (Å²) in [5.41, 5.74) is 1.36. The van der Waals surface area contributed by atoms with Crippen LogP contribution in [0.2, 0.25) is 0 Å². The van der Waals surface area contributed by atoms with Crippen LogP contribution in [0.15, 0.2) is 59.1 Å². The fourth-order valence-electron chi connectivity index (χ4n) is 3.54. The monoisotopic (exact) mass is 405 g/mol. The van der Waals surface area contributed by atoms with Gasteiger partial charge in [-0.05, 0) is 48.6 Å². The van der Waals surface area contributed by atoms with E-state index >= 15 is 0 Å². The van der Waals surface area contributed by atoms with Crippen LogP contribution in [0.4, 0.5) is 0 Å². The molecule has 2 aromatic carbocycles. The van der Waals surface area contributed by atoms with Gasteiger partial charge in [-0.25, -0.2) is 0 Å². The number of benzene rings is 2. The molecule has 2 amide bonds. The van der Waals surface area contributed by atoms with E-state index in [9.17, 15) is 14.9 Å². The van der Waals surface area contributed by atoms with E-state index in [-0.39, 0.29) is 17.5 Å². The molecule has 0 radical (unpaired) electrons. The number of hydrogen-bond donors (Lipinski definition) is 0. The maximum absolute atomic E-state index is 13.3. The van der Waals surface area contributed by atoms with Gasteiger partial charge in [0.2, 0.25) is 0 Å². The van der Waals surface area contributed by atoms with Crippen molar-refractivity contribution in [1.82, 2.24) is 9.80 Å². The molecular formula is C23H23N3O2S. The van der Waals surface area contributed by atoms with Crippen molar-refractivity contribution in [1.29, 1.82) is 5.26 Å². The second-order valence-electron chi connectivity index (χ2n) is 7.26. The minimum Gasteiger partial charge on any atom is -0.326 e. The van der Waals surface area contributed by atoms with E-state index in [1.54, 1.807) is 44.9 Å². The Labute approximate surface area is 175 Å². The molecule has 1 heterocycles. The summed E-state index contributed by atoms with van der Waals surface area (Å²) in [5, 5.41) is 9.43. The maximum Gasteiger partial charge on any atom is 0.271 e. The molecule has 0 bridgehead atoms. The van der Waals surface area contributed by atoms with E-state index in [4.69, 9.17) is 0 Å². The van der Waals surface area contributed by atoms with Gasteiger partial charge in [-0.2, -0.15) is 5.26 Å². The predicted molar refractivity (Wildman–Crippen MR) is 115 cm³/mol. The van der Waals surface area contributed by atoms with Gasteiger partial charge in [-0.15, -0.1) is 11.8 Å². The van der Waals surface area contributed by atoms with Crippen LogP contribution < -0.4 is 0 Å². The average Bonchev–Trinajstić information content (AvgIpc) is 2.75. The van der Waals surface area contributed by atoms with Crippen LogP contribution in [0.1, 0.15) is 23.6 Å². The van der Waals surface area contributed by atoms with Crippen molar-refractivity contribution in [3.63, 3.8) is 0 Å². The smallest absolute Gasteiger partial charge is 0.271 e. The summed E-state index contributed by atoms with van der Waals surface area (Å²) in [6.07, 6.45) is 4.01. The third-order valence-electron chi connectivity index (χ3n) is 5.45. The quantitative estimate of drug-likeness (QED) is 0.576. The van der Waals surface area contributed by atoms with Crippen LogP contribution in [0.3, 0.4) is 0 Å². The van der Waals surface area contributed by atoms with Gasteiger partial charge in [0, 0.05) is 25.4 Å². The van der Waals surface area contributed by atoms with Crippen LogP contribution in [-0.2, 0) is 16.0 Å². The van der Waals surface area contributed by atoms with Crippen molar-refractivity contribution < 1.29 is 9.59 Å². The fourth-order valence-corrected chi connectivity index (χ4v) is 3.98. The van der Waals surface area contributed by atoms with Crippen LogP contribution in [0.25, 0.3) is 6.08 Å². The Bertz CT molecular complexity index is 1030. The number of likely N-dealkylation sites (N-methyl/N-ethyl adjacent to an activating group) is 2. The first-order valence-corrected chi connectivity index (χ1v) is 10.4. The summed E-state index contributed by atoms with van der Waals surface area (Å²) in [5.74, 6) is -0.404. The van der Waals surface area contributed by atoms with Crippen molar-refractivity contribution >= 4 is 29.7 Å². The molecule has 0 spiro atoms. The third-order valence-corrected chi connectivity index (χ3v) is 6.18. The zero-order chi connectivity index (χ0) is 21.2. The molecule has 1 saturated heterocycles. The largest absolute Gasteiger partial charge is 0.326 e. The van der Waals surface area contributed by atoms with E-state index in [2.05, 4.69) is 6.07 Å². The zero-order valence-corrected chi connectivity index (χ0v) is 17.8. The predicted octanol–water partition coefficient (Wildman–Crippen LogP) is 3.55. The standard InChI is InChI=1S/C23H23N3O2S/c1-23(14-16-8-6-5-7-9-16)22(28)25(2)20(21(27)26(23)3)13-18-12-19(29-4)11-10-17(18)15-24/h5-13H,14H2,1-4H3/b20-13-. The zero-order valence-electron chi connectivity index (χ0n) is 17.0. The minimum atomic E-state index is -0.982. The van der Waals surface area contributed by atoms with Gasteiger partial charge in [-0.3, -0.25) is 9.59 Å². The molecule has 0 saturated carbocycles. The van der Waals surface area contributed by atoms with Crippen molar-refractivity contribution in [2.75, 3.05) is 20.4 Å². The number of carbonyl (C=O) groups excluding carboxylic acids is 2. The van der Waals surface area contributed by atoms with Gasteiger partial charge in [0.25, 0.3) is 11.8 Å². The first-order chi connectivity index (χ1) is 13.8. The lowest BCUT2D eigenvalue weighted by Crippen LogP contribution is -2.64. The van der Waals surface area contributed by atoms with Crippen molar-refractivity contribution in [2.24, 2.45) is 0 Å². The summed E-state index contributed by atoms with van der Waals surface area (Å²) >= 11 is 1.55. The Kier molecular flexibility index (Phi) is 5.81. The molecule has 2 aromatic rings. The Morgan fingerprint density at radius 3 is 2.45 bits per heavy atom. The SMILES string of the molecule is CSc1ccc(C#N)c(/C=C2/C(=O)N(C)C(C)(Cc3ccccc3)C(=O)N2C)c1. The topological polar surface area (TPSA) is 64.4 Å². The molecule has 1 fully saturated rings. The highest BCUT2D eigenvalue weighted by atomic mass is 32.2. The molecule has 0 aromatic heterocycles. The van der Waals surface area contributed by atoms with E-state index in [1.807, 2.05) is 48.7 Å². The summed E-state index contributed by atoms with van der Waals surface area (Å²) in [6, 6.07) is 17.3. The Balaban J connectivity index is 2.02. The van der Waals surface area contributed by atoms with Gasteiger partial charge >= 0.3 is 0 Å².